The number of ether oxygens (including phenoxy) is 2. The summed E-state index contributed by atoms with van der Waals surface area (Å²) in [6.07, 6.45) is 0.480. The van der Waals surface area contributed by atoms with E-state index < -0.39 is 5.60 Å². The first-order chi connectivity index (χ1) is 8.53. The normalized spacial score (nSPS) is 27.2. The molecule has 1 aliphatic rings. The molecular weight excluding hydrogens is 232 g/mol. The quantitative estimate of drug-likeness (QED) is 0.703. The molecule has 0 bridgehead atoms. The van der Waals surface area contributed by atoms with E-state index >= 15 is 0 Å². The van der Waals surface area contributed by atoms with Gasteiger partial charge in [0, 0.05) is 43.1 Å². The number of aliphatic hydroxyl groups is 1. The van der Waals surface area contributed by atoms with Gasteiger partial charge in [0.1, 0.15) is 11.4 Å². The van der Waals surface area contributed by atoms with E-state index in [4.69, 9.17) is 15.2 Å². The van der Waals surface area contributed by atoms with E-state index in [0.29, 0.717) is 31.0 Å². The Morgan fingerprint density at radius 1 is 1.56 bits per heavy atom. The van der Waals surface area contributed by atoms with Gasteiger partial charge in [0.25, 0.3) is 0 Å². The van der Waals surface area contributed by atoms with Crippen LogP contribution >= 0.6 is 0 Å². The zero-order chi connectivity index (χ0) is 13.2. The van der Waals surface area contributed by atoms with Gasteiger partial charge >= 0.3 is 0 Å². The summed E-state index contributed by atoms with van der Waals surface area (Å²) < 4.78 is 10.5. The number of hydrogen-bond acceptors (Lipinski definition) is 5. The lowest BCUT2D eigenvalue weighted by Crippen LogP contribution is -2.43. The average molecular weight is 252 g/mol. The largest absolute Gasteiger partial charge is 0.497 e. The van der Waals surface area contributed by atoms with Gasteiger partial charge in [-0.3, -0.25) is 0 Å². The fraction of sp³-hybridized carbons (Fsp3) is 0.538. The first-order valence-electron chi connectivity index (χ1n) is 6.06. The van der Waals surface area contributed by atoms with Crippen LogP contribution < -0.4 is 15.8 Å². The molecular formula is C13H20N2O3. The van der Waals surface area contributed by atoms with E-state index in [1.807, 2.05) is 19.1 Å². The third kappa shape index (κ3) is 2.68. The van der Waals surface area contributed by atoms with Crippen LogP contribution in [-0.4, -0.2) is 37.1 Å². The van der Waals surface area contributed by atoms with Crippen LogP contribution in [0, 0.1) is 0 Å². The Labute approximate surface area is 107 Å². The topological polar surface area (TPSA) is 76.7 Å². The lowest BCUT2D eigenvalue weighted by molar-refractivity contribution is -0.0175. The second-order valence-corrected chi connectivity index (χ2v) is 4.71. The van der Waals surface area contributed by atoms with Crippen molar-refractivity contribution >= 4 is 11.4 Å². The molecule has 2 rings (SSSR count). The number of methoxy groups -OCH3 is 1. The molecule has 0 aromatic heterocycles. The molecule has 5 nitrogen and oxygen atoms in total. The Balaban J connectivity index is 2.04. The minimum Gasteiger partial charge on any atom is -0.497 e. The smallest absolute Gasteiger partial charge is 0.122 e. The molecule has 100 valence electrons. The van der Waals surface area contributed by atoms with Gasteiger partial charge < -0.3 is 25.6 Å². The number of benzene rings is 1. The van der Waals surface area contributed by atoms with E-state index in [1.54, 1.807) is 13.2 Å². The first kappa shape index (κ1) is 13.0. The molecule has 0 saturated carbocycles. The highest BCUT2D eigenvalue weighted by atomic mass is 16.5. The standard InChI is InChI=1S/C13H20N2O3/c1-9-13(16,3-4-18-9)8-15-11-5-10(14)6-12(7-11)17-2/h5-7,9,15-16H,3-4,8,14H2,1-2H3. The molecule has 0 spiro atoms. The van der Waals surface area contributed by atoms with Gasteiger partial charge in [-0.05, 0) is 13.0 Å². The summed E-state index contributed by atoms with van der Waals surface area (Å²) in [5, 5.41) is 13.5. The molecule has 2 unspecified atom stereocenters. The van der Waals surface area contributed by atoms with E-state index in [0.717, 1.165) is 5.69 Å². The van der Waals surface area contributed by atoms with Gasteiger partial charge in [-0.2, -0.15) is 0 Å². The van der Waals surface area contributed by atoms with Crippen molar-refractivity contribution in [2.45, 2.75) is 25.0 Å². The minimum atomic E-state index is -0.822. The van der Waals surface area contributed by atoms with Crippen molar-refractivity contribution in [3.8, 4) is 5.75 Å². The van der Waals surface area contributed by atoms with Crippen molar-refractivity contribution in [2.75, 3.05) is 31.3 Å². The number of anilines is 2. The lowest BCUT2D eigenvalue weighted by atomic mass is 9.96. The van der Waals surface area contributed by atoms with Gasteiger partial charge in [-0.25, -0.2) is 0 Å². The van der Waals surface area contributed by atoms with Crippen LogP contribution in [-0.2, 0) is 4.74 Å². The van der Waals surface area contributed by atoms with Gasteiger partial charge in [0.05, 0.1) is 13.2 Å². The Morgan fingerprint density at radius 2 is 2.33 bits per heavy atom. The van der Waals surface area contributed by atoms with Crippen LogP contribution in [0.3, 0.4) is 0 Å². The van der Waals surface area contributed by atoms with E-state index in [2.05, 4.69) is 5.32 Å². The summed E-state index contributed by atoms with van der Waals surface area (Å²) in [6, 6.07) is 5.41. The van der Waals surface area contributed by atoms with Crippen molar-refractivity contribution in [3.05, 3.63) is 18.2 Å². The Bertz CT molecular complexity index is 425. The van der Waals surface area contributed by atoms with Gasteiger partial charge in [-0.15, -0.1) is 0 Å². The SMILES string of the molecule is COc1cc(N)cc(NCC2(O)CCOC2C)c1. The predicted molar refractivity (Wildman–Crippen MR) is 70.9 cm³/mol. The number of nitrogens with two attached hydrogens (primary N) is 1. The fourth-order valence-corrected chi connectivity index (χ4v) is 2.10. The molecule has 0 amide bonds. The van der Waals surface area contributed by atoms with Gasteiger partial charge in [0.2, 0.25) is 0 Å². The average Bonchev–Trinajstić information content (AvgIpc) is 2.67. The van der Waals surface area contributed by atoms with E-state index in [-0.39, 0.29) is 6.10 Å². The van der Waals surface area contributed by atoms with Crippen LogP contribution in [0.5, 0.6) is 5.75 Å². The maximum Gasteiger partial charge on any atom is 0.122 e. The summed E-state index contributed by atoms with van der Waals surface area (Å²) in [5.41, 5.74) is 6.41. The fourth-order valence-electron chi connectivity index (χ4n) is 2.10. The van der Waals surface area contributed by atoms with E-state index in [1.165, 1.54) is 0 Å². The summed E-state index contributed by atoms with van der Waals surface area (Å²) in [4.78, 5) is 0. The Morgan fingerprint density at radius 3 is 2.94 bits per heavy atom. The monoisotopic (exact) mass is 252 g/mol. The highest BCUT2D eigenvalue weighted by molar-refractivity contribution is 5.59. The van der Waals surface area contributed by atoms with Crippen LogP contribution in [0.4, 0.5) is 11.4 Å². The van der Waals surface area contributed by atoms with Crippen molar-refractivity contribution in [1.82, 2.24) is 0 Å². The molecule has 1 heterocycles. The van der Waals surface area contributed by atoms with Crippen LogP contribution in [0.1, 0.15) is 13.3 Å². The Hall–Kier alpha value is -1.46. The number of nitrogens with one attached hydrogen (secondary N) is 1. The first-order valence-corrected chi connectivity index (χ1v) is 6.06. The van der Waals surface area contributed by atoms with Crippen molar-refractivity contribution in [1.29, 1.82) is 0 Å². The third-order valence-corrected chi connectivity index (χ3v) is 3.42. The number of nitrogen functional groups attached to an aromatic ring is 1. The summed E-state index contributed by atoms with van der Waals surface area (Å²) >= 11 is 0. The molecule has 4 N–H and O–H groups in total. The number of hydrogen-bond donors (Lipinski definition) is 3. The lowest BCUT2D eigenvalue weighted by Gasteiger charge is -2.26. The molecule has 0 radical (unpaired) electrons. The molecule has 1 saturated heterocycles. The summed E-state index contributed by atoms with van der Waals surface area (Å²) in [6.45, 7) is 2.91. The third-order valence-electron chi connectivity index (χ3n) is 3.42. The molecule has 1 aromatic carbocycles. The maximum atomic E-state index is 10.4. The van der Waals surface area contributed by atoms with Crippen LogP contribution in [0.15, 0.2) is 18.2 Å². The molecule has 0 aliphatic carbocycles. The molecule has 1 fully saturated rings. The van der Waals surface area contributed by atoms with Gasteiger partial charge in [0.15, 0.2) is 0 Å². The predicted octanol–water partition coefficient (Wildman–Crippen LogP) is 1.23. The highest BCUT2D eigenvalue weighted by Gasteiger charge is 2.39. The highest BCUT2D eigenvalue weighted by Crippen LogP contribution is 2.27. The molecule has 1 aliphatic heterocycles. The van der Waals surface area contributed by atoms with Crippen molar-refractivity contribution in [3.63, 3.8) is 0 Å². The molecule has 18 heavy (non-hydrogen) atoms. The zero-order valence-electron chi connectivity index (χ0n) is 10.8. The second-order valence-electron chi connectivity index (χ2n) is 4.71. The Kier molecular flexibility index (Phi) is 3.63. The molecule has 2 atom stereocenters. The van der Waals surface area contributed by atoms with Crippen molar-refractivity contribution in [2.24, 2.45) is 0 Å². The van der Waals surface area contributed by atoms with Crippen LogP contribution in [0.25, 0.3) is 0 Å². The second kappa shape index (κ2) is 5.04. The summed E-state index contributed by atoms with van der Waals surface area (Å²) in [7, 11) is 1.60. The maximum absolute atomic E-state index is 10.4. The molecule has 1 aromatic rings. The van der Waals surface area contributed by atoms with Gasteiger partial charge in [-0.1, -0.05) is 0 Å². The van der Waals surface area contributed by atoms with E-state index in [9.17, 15) is 5.11 Å². The number of rotatable bonds is 4. The van der Waals surface area contributed by atoms with Crippen LogP contribution in [0.2, 0.25) is 0 Å². The van der Waals surface area contributed by atoms with Crippen molar-refractivity contribution < 1.29 is 14.6 Å². The summed E-state index contributed by atoms with van der Waals surface area (Å²) in [5.74, 6) is 0.695. The minimum absolute atomic E-state index is 0.159. The zero-order valence-corrected chi connectivity index (χ0v) is 10.8. The molecule has 5 heteroatoms.